The van der Waals surface area contributed by atoms with Gasteiger partial charge >= 0.3 is 6.18 Å². The number of para-hydroxylation sites is 1. The molecule has 13 heteroatoms. The first-order chi connectivity index (χ1) is 17.5. The van der Waals surface area contributed by atoms with E-state index in [1.807, 2.05) is 0 Å². The van der Waals surface area contributed by atoms with Crippen LogP contribution in [0.5, 0.6) is 0 Å². The zero-order valence-electron chi connectivity index (χ0n) is 19.3. The Morgan fingerprint density at radius 3 is 2.43 bits per heavy atom. The van der Waals surface area contributed by atoms with Crippen LogP contribution in [-0.4, -0.2) is 34.4 Å². The van der Waals surface area contributed by atoms with Crippen molar-refractivity contribution in [3.8, 4) is 0 Å². The van der Waals surface area contributed by atoms with Crippen LogP contribution in [0.25, 0.3) is 0 Å². The molecule has 194 valence electrons. The maximum Gasteiger partial charge on any atom is 0.418 e. The number of carbonyl (C=O) groups is 2. The lowest BCUT2D eigenvalue weighted by molar-refractivity contribution is -0.137. The smallest absolute Gasteiger partial charge is 0.387 e. The molecule has 8 nitrogen and oxygen atoms in total. The molecular formula is C24H21F5N6O2. The van der Waals surface area contributed by atoms with E-state index in [1.165, 1.54) is 12.4 Å². The van der Waals surface area contributed by atoms with Gasteiger partial charge in [-0.3, -0.25) is 19.6 Å². The maximum absolute atomic E-state index is 14.6. The number of alkyl halides is 3. The third kappa shape index (κ3) is 5.76. The number of hydrogen-bond acceptors (Lipinski definition) is 6. The molecule has 4 rings (SSSR count). The van der Waals surface area contributed by atoms with Gasteiger partial charge in [-0.2, -0.15) is 13.2 Å². The summed E-state index contributed by atoms with van der Waals surface area (Å²) in [5, 5.41) is 10.3. The molecule has 0 unspecified atom stereocenters. The zero-order valence-corrected chi connectivity index (χ0v) is 19.3. The Hall–Kier alpha value is -4.29. The summed E-state index contributed by atoms with van der Waals surface area (Å²) in [4.78, 5) is 33.1. The second-order valence-electron chi connectivity index (χ2n) is 8.37. The Morgan fingerprint density at radius 2 is 1.78 bits per heavy atom. The molecule has 37 heavy (non-hydrogen) atoms. The summed E-state index contributed by atoms with van der Waals surface area (Å²) in [7, 11) is 1.67. The van der Waals surface area contributed by atoms with E-state index in [9.17, 15) is 31.5 Å². The minimum Gasteiger partial charge on any atom is -0.387 e. The van der Waals surface area contributed by atoms with E-state index < -0.39 is 46.4 Å². The number of carbonyl (C=O) groups excluding carboxylic acids is 2. The molecule has 0 saturated heterocycles. The van der Waals surface area contributed by atoms with E-state index in [0.717, 1.165) is 24.4 Å². The maximum atomic E-state index is 14.6. The average Bonchev–Trinajstić information content (AvgIpc) is 3.64. The van der Waals surface area contributed by atoms with Crippen molar-refractivity contribution in [2.24, 2.45) is 0 Å². The van der Waals surface area contributed by atoms with Gasteiger partial charge in [0.15, 0.2) is 0 Å². The van der Waals surface area contributed by atoms with Crippen molar-refractivity contribution >= 4 is 28.9 Å². The van der Waals surface area contributed by atoms with Gasteiger partial charge in [0.2, 0.25) is 5.91 Å². The Labute approximate surface area is 207 Å². The van der Waals surface area contributed by atoms with Crippen molar-refractivity contribution in [2.75, 3.05) is 17.7 Å². The van der Waals surface area contributed by atoms with E-state index in [-0.39, 0.29) is 23.5 Å². The number of anilines is 3. The van der Waals surface area contributed by atoms with Crippen molar-refractivity contribution in [2.45, 2.75) is 31.1 Å². The van der Waals surface area contributed by atoms with Gasteiger partial charge in [0.05, 0.1) is 46.6 Å². The normalized spacial score (nSPS) is 14.0. The number of halogens is 5. The van der Waals surface area contributed by atoms with Gasteiger partial charge in [0.25, 0.3) is 5.91 Å². The van der Waals surface area contributed by atoms with Crippen LogP contribution in [0, 0.1) is 11.6 Å². The van der Waals surface area contributed by atoms with E-state index >= 15 is 0 Å². The quantitative estimate of drug-likeness (QED) is 0.333. The molecule has 2 aromatic heterocycles. The van der Waals surface area contributed by atoms with Crippen LogP contribution in [0.2, 0.25) is 0 Å². The fourth-order valence-corrected chi connectivity index (χ4v) is 3.55. The van der Waals surface area contributed by atoms with Crippen LogP contribution in [0.1, 0.15) is 34.5 Å². The first kappa shape index (κ1) is 25.8. The van der Waals surface area contributed by atoms with Crippen LogP contribution in [0.15, 0.2) is 48.9 Å². The number of rotatable bonds is 8. The van der Waals surface area contributed by atoms with Crippen molar-refractivity contribution < 1.29 is 31.5 Å². The van der Waals surface area contributed by atoms with E-state index in [4.69, 9.17) is 0 Å². The fraction of sp³-hybridized carbons (Fsp3) is 0.250. The van der Waals surface area contributed by atoms with Gasteiger partial charge in [-0.05, 0) is 31.0 Å². The number of hydrogen-bond donors (Lipinski definition) is 4. The van der Waals surface area contributed by atoms with Gasteiger partial charge in [-0.1, -0.05) is 6.07 Å². The number of amides is 2. The molecule has 0 aliphatic heterocycles. The van der Waals surface area contributed by atoms with Gasteiger partial charge < -0.3 is 21.3 Å². The topological polar surface area (TPSA) is 108 Å². The van der Waals surface area contributed by atoms with Crippen molar-refractivity contribution in [3.63, 3.8) is 0 Å². The molecule has 3 aromatic rings. The highest BCUT2D eigenvalue weighted by Gasteiger charge is 2.51. The van der Waals surface area contributed by atoms with Gasteiger partial charge in [0.1, 0.15) is 17.2 Å². The second-order valence-corrected chi connectivity index (χ2v) is 8.37. The standard InChI is InChI=1S/C24H21F5N6O2/c1-30-14-7-13(9-31-10-14)21(36)35-23(5-6-23)22(37)33-12-19-18(26)8-15(11-32-19)34-20-16(24(27,28)29)3-2-4-17(20)25/h2-4,7-11,30,34H,5-6,12H2,1H3,(H,33,37)(H,35,36). The highest BCUT2D eigenvalue weighted by atomic mass is 19.4. The fourth-order valence-electron chi connectivity index (χ4n) is 3.55. The molecule has 1 aromatic carbocycles. The lowest BCUT2D eigenvalue weighted by Gasteiger charge is -2.18. The molecule has 0 spiro atoms. The second kappa shape index (κ2) is 9.99. The van der Waals surface area contributed by atoms with E-state index in [2.05, 4.69) is 31.2 Å². The predicted octanol–water partition coefficient (Wildman–Crippen LogP) is 4.14. The average molecular weight is 520 g/mol. The van der Waals surface area contributed by atoms with E-state index in [0.29, 0.717) is 24.6 Å². The van der Waals surface area contributed by atoms with Crippen LogP contribution in [0.3, 0.4) is 0 Å². The highest BCUT2D eigenvalue weighted by molar-refractivity contribution is 6.00. The number of benzene rings is 1. The minimum atomic E-state index is -4.83. The van der Waals surface area contributed by atoms with Gasteiger partial charge in [-0.25, -0.2) is 8.78 Å². The molecule has 0 bridgehead atoms. The Kier molecular flexibility index (Phi) is 6.96. The summed E-state index contributed by atoms with van der Waals surface area (Å²) in [6.07, 6.45) is -0.156. The largest absolute Gasteiger partial charge is 0.418 e. The SMILES string of the molecule is CNc1cncc(C(=O)NC2(C(=O)NCc3ncc(Nc4c(F)cccc4C(F)(F)F)cc3F)CC2)c1. The zero-order chi connectivity index (χ0) is 26.8. The third-order valence-electron chi connectivity index (χ3n) is 5.75. The summed E-state index contributed by atoms with van der Waals surface area (Å²) >= 11 is 0. The molecule has 2 amide bonds. The summed E-state index contributed by atoms with van der Waals surface area (Å²) in [6, 6.07) is 4.87. The summed E-state index contributed by atoms with van der Waals surface area (Å²) in [5.41, 5.74) is -2.81. The number of nitrogens with zero attached hydrogens (tertiary/aromatic N) is 2. The molecule has 1 aliphatic rings. The highest BCUT2D eigenvalue weighted by Crippen LogP contribution is 2.38. The molecule has 1 fully saturated rings. The molecule has 0 radical (unpaired) electrons. The van der Waals surface area contributed by atoms with Crippen molar-refractivity contribution in [1.82, 2.24) is 20.6 Å². The monoisotopic (exact) mass is 520 g/mol. The predicted molar refractivity (Wildman–Crippen MR) is 124 cm³/mol. The molecule has 2 heterocycles. The van der Waals surface area contributed by atoms with Crippen LogP contribution in [0.4, 0.5) is 39.0 Å². The Morgan fingerprint density at radius 1 is 1.03 bits per heavy atom. The Bertz CT molecular complexity index is 1340. The first-order valence-corrected chi connectivity index (χ1v) is 11.0. The van der Waals surface area contributed by atoms with Gasteiger partial charge in [-0.15, -0.1) is 0 Å². The van der Waals surface area contributed by atoms with Crippen LogP contribution in [-0.2, 0) is 17.5 Å². The summed E-state index contributed by atoms with van der Waals surface area (Å²) in [5.74, 6) is -3.14. The van der Waals surface area contributed by atoms with E-state index in [1.54, 1.807) is 13.1 Å². The van der Waals surface area contributed by atoms with Crippen LogP contribution >= 0.6 is 0 Å². The number of pyridine rings is 2. The number of nitrogens with one attached hydrogen (secondary N) is 4. The summed E-state index contributed by atoms with van der Waals surface area (Å²) < 4.78 is 68.2. The molecule has 0 atom stereocenters. The van der Waals surface area contributed by atoms with Crippen molar-refractivity contribution in [1.29, 1.82) is 0 Å². The van der Waals surface area contributed by atoms with Crippen LogP contribution < -0.4 is 21.3 Å². The molecule has 4 N–H and O–H groups in total. The Balaban J connectivity index is 1.40. The first-order valence-electron chi connectivity index (χ1n) is 11.0. The van der Waals surface area contributed by atoms with Crippen molar-refractivity contribution in [3.05, 3.63) is 77.4 Å². The summed E-state index contributed by atoms with van der Waals surface area (Å²) in [6.45, 7) is -0.340. The van der Waals surface area contributed by atoms with Gasteiger partial charge in [0, 0.05) is 25.5 Å². The molecule has 1 aliphatic carbocycles. The third-order valence-corrected chi connectivity index (χ3v) is 5.75. The minimum absolute atomic E-state index is 0.198. The number of aromatic nitrogens is 2. The lowest BCUT2D eigenvalue weighted by atomic mass is 10.1. The molecular weight excluding hydrogens is 499 g/mol. The molecule has 1 saturated carbocycles. The lowest BCUT2D eigenvalue weighted by Crippen LogP contribution is -2.48.